The van der Waals surface area contributed by atoms with Crippen molar-refractivity contribution in [1.29, 1.82) is 0 Å². The Morgan fingerprint density at radius 3 is 2.16 bits per heavy atom. The molecule has 2 unspecified atom stereocenters. The number of imidazole rings is 1. The van der Waals surface area contributed by atoms with Crippen molar-refractivity contribution in [2.45, 2.75) is 49.1 Å². The van der Waals surface area contributed by atoms with Crippen LogP contribution in [0.1, 0.15) is 12.5 Å². The maximum atomic E-state index is 11.3. The van der Waals surface area contributed by atoms with Crippen molar-refractivity contribution >= 4 is 70.9 Å². The minimum absolute atomic E-state index is 0.107. The van der Waals surface area contributed by atoms with E-state index in [1.165, 1.54) is 28.1 Å². The van der Waals surface area contributed by atoms with Crippen molar-refractivity contribution in [3.05, 3.63) is 31.2 Å². The van der Waals surface area contributed by atoms with E-state index in [1.807, 2.05) is 0 Å². The van der Waals surface area contributed by atoms with Crippen molar-refractivity contribution in [3.8, 4) is 0 Å². The van der Waals surface area contributed by atoms with Gasteiger partial charge in [-0.3, -0.25) is 13.6 Å². The summed E-state index contributed by atoms with van der Waals surface area (Å²) in [4.78, 5) is 42.6. The summed E-state index contributed by atoms with van der Waals surface area (Å²) in [5.74, 6) is 0.327. The summed E-state index contributed by atoms with van der Waals surface area (Å²) >= 11 is 10.5. The minimum Gasteiger partial charge on any atom is -0.387 e. The summed E-state index contributed by atoms with van der Waals surface area (Å²) < 4.78 is 37.7. The second kappa shape index (κ2) is 11.2. The number of nitrogens with zero attached hydrogens (tertiary/aromatic N) is 7. The number of hydrogen-bond donors (Lipinski definition) is 6. The highest BCUT2D eigenvalue weighted by Crippen LogP contribution is 2.54. The van der Waals surface area contributed by atoms with Crippen molar-refractivity contribution in [2.75, 3.05) is 24.7 Å². The summed E-state index contributed by atoms with van der Waals surface area (Å²) in [7, 11) is 0. The Balaban J connectivity index is 1.20. The van der Waals surface area contributed by atoms with E-state index in [-0.39, 0.29) is 22.8 Å². The number of aliphatic hydroxyl groups excluding tert-OH is 2. The van der Waals surface area contributed by atoms with Gasteiger partial charge in [-0.25, -0.2) is 24.9 Å². The zero-order chi connectivity index (χ0) is 31.0. The van der Waals surface area contributed by atoms with Crippen molar-refractivity contribution in [1.82, 2.24) is 34.1 Å². The number of nitrogens with two attached hydrogens (primary N) is 2. The van der Waals surface area contributed by atoms with Gasteiger partial charge >= 0.3 is 13.4 Å². The van der Waals surface area contributed by atoms with Gasteiger partial charge in [-0.15, -0.1) is 0 Å². The summed E-state index contributed by atoms with van der Waals surface area (Å²) in [6.07, 6.45) is -4.73. The molecule has 2 bridgehead atoms. The Hall–Kier alpha value is -2.33. The molecule has 8 N–H and O–H groups in total. The number of nitrogen functional groups attached to an aromatic ring is 2. The molecule has 0 aromatic carbocycles. The molecule has 3 aliphatic heterocycles. The molecular formula is C21H25N9O10P2S2. The van der Waals surface area contributed by atoms with Gasteiger partial charge in [-0.05, 0) is 29.7 Å². The molecule has 4 aromatic rings. The number of aromatic nitrogens is 7. The van der Waals surface area contributed by atoms with Crippen molar-refractivity contribution in [3.63, 3.8) is 0 Å². The lowest BCUT2D eigenvalue weighted by Crippen LogP contribution is -2.36. The fraction of sp³-hybridized carbons (Fsp3) is 0.476. The Morgan fingerprint density at radius 2 is 1.41 bits per heavy atom. The van der Waals surface area contributed by atoms with Crippen LogP contribution in [0.2, 0.25) is 0 Å². The number of hydrogen-bond acceptors (Lipinski definition) is 17. The molecule has 0 amide bonds. The molecule has 10 atom stereocenters. The second-order valence-electron chi connectivity index (χ2n) is 10.1. The van der Waals surface area contributed by atoms with E-state index >= 15 is 0 Å². The standard InChI is InChI=1S/C21H25N9O10P2S2/c22-16-8-1-2-29(18(8)26-5-24-16)20-13(32)14-10(38-20)4-36-42(34,44)40-15-12(31)9(3-35-41(33,43)39-14)37-21(15)30-7-28-11-17(23)25-6-27-19(11)30/h1-2,5-7,9-10,12-15,20-21,31-32H,3-4H2,(H,33,43)(H,34,44)(H2,22,24,26)(H2,23,25,27)/t9-,10-,12-,13-,14-,15-,20-,21-,41?,42?/m1/s1. The molecule has 236 valence electrons. The number of anilines is 2. The first-order valence-electron chi connectivity index (χ1n) is 12.9. The first-order valence-corrected chi connectivity index (χ1v) is 18.1. The molecular weight excluding hydrogens is 664 g/mol. The van der Waals surface area contributed by atoms with Gasteiger partial charge in [-0.1, -0.05) is 0 Å². The summed E-state index contributed by atoms with van der Waals surface area (Å²) in [6.45, 7) is -9.22. The molecule has 0 radical (unpaired) electrons. The van der Waals surface area contributed by atoms with Crippen LogP contribution >= 0.6 is 13.4 Å². The predicted molar refractivity (Wildman–Crippen MR) is 156 cm³/mol. The fourth-order valence-corrected chi connectivity index (χ4v) is 8.22. The molecule has 23 heteroatoms. The molecule has 3 aliphatic rings. The van der Waals surface area contributed by atoms with Crippen LogP contribution in [0.25, 0.3) is 22.2 Å². The molecule has 19 nitrogen and oxygen atoms in total. The Kier molecular flexibility index (Phi) is 7.71. The van der Waals surface area contributed by atoms with Crippen LogP contribution in [0.15, 0.2) is 31.2 Å². The summed E-state index contributed by atoms with van der Waals surface area (Å²) in [5, 5.41) is 23.0. The quantitative estimate of drug-likeness (QED) is 0.141. The van der Waals surface area contributed by atoms with Crippen LogP contribution in [-0.4, -0.2) is 104 Å². The third kappa shape index (κ3) is 5.31. The van der Waals surface area contributed by atoms with Crippen LogP contribution in [0.4, 0.5) is 11.6 Å². The number of ether oxygens (including phenoxy) is 2. The minimum atomic E-state index is -4.15. The number of fused-ring (bicyclic) bond motifs is 5. The van der Waals surface area contributed by atoms with Crippen molar-refractivity contribution in [2.24, 2.45) is 0 Å². The van der Waals surface area contributed by atoms with Gasteiger partial charge in [0.1, 0.15) is 66.3 Å². The first-order chi connectivity index (χ1) is 20.9. The smallest absolute Gasteiger partial charge is 0.325 e. The van der Waals surface area contributed by atoms with Gasteiger partial charge < -0.3 is 54.6 Å². The zero-order valence-electron chi connectivity index (χ0n) is 22.2. The molecule has 4 aromatic heterocycles. The molecule has 0 aliphatic carbocycles. The number of rotatable bonds is 2. The van der Waals surface area contributed by atoms with Gasteiger partial charge in [-0.2, -0.15) is 0 Å². The molecule has 0 saturated carbocycles. The highest BCUT2D eigenvalue weighted by molar-refractivity contribution is 8.07. The zero-order valence-corrected chi connectivity index (χ0v) is 25.6. The predicted octanol–water partition coefficient (Wildman–Crippen LogP) is -0.797. The molecule has 0 spiro atoms. The third-order valence-corrected chi connectivity index (χ3v) is 10.5. The van der Waals surface area contributed by atoms with Gasteiger partial charge in [0.2, 0.25) is 0 Å². The van der Waals surface area contributed by atoms with Crippen LogP contribution in [0.3, 0.4) is 0 Å². The molecule has 3 saturated heterocycles. The van der Waals surface area contributed by atoms with Crippen LogP contribution in [0.5, 0.6) is 0 Å². The van der Waals surface area contributed by atoms with Crippen LogP contribution in [0, 0.1) is 0 Å². The lowest BCUT2D eigenvalue weighted by atomic mass is 10.1. The number of aliphatic hydroxyl groups is 2. The molecule has 7 heterocycles. The Bertz CT molecular complexity index is 1830. The highest BCUT2D eigenvalue weighted by Gasteiger charge is 2.52. The Labute approximate surface area is 257 Å². The van der Waals surface area contributed by atoms with E-state index in [4.69, 9.17) is 62.6 Å². The summed E-state index contributed by atoms with van der Waals surface area (Å²) in [5.41, 5.74) is 12.7. The lowest BCUT2D eigenvalue weighted by molar-refractivity contribution is -0.0606. The third-order valence-electron chi connectivity index (χ3n) is 7.41. The van der Waals surface area contributed by atoms with Gasteiger partial charge in [0, 0.05) is 6.20 Å². The Morgan fingerprint density at radius 1 is 0.773 bits per heavy atom. The van der Waals surface area contributed by atoms with E-state index in [2.05, 4.69) is 24.9 Å². The van der Waals surface area contributed by atoms with Crippen LogP contribution in [-0.2, 0) is 51.2 Å². The van der Waals surface area contributed by atoms with E-state index in [1.54, 1.807) is 12.3 Å². The van der Waals surface area contributed by atoms with Gasteiger partial charge in [0.15, 0.2) is 23.9 Å². The monoisotopic (exact) mass is 689 g/mol. The summed E-state index contributed by atoms with van der Waals surface area (Å²) in [6, 6.07) is 1.65. The largest absolute Gasteiger partial charge is 0.387 e. The van der Waals surface area contributed by atoms with Gasteiger partial charge in [0.05, 0.1) is 24.9 Å². The lowest BCUT2D eigenvalue weighted by Gasteiger charge is -2.28. The van der Waals surface area contributed by atoms with Crippen LogP contribution < -0.4 is 11.5 Å². The average molecular weight is 690 g/mol. The second-order valence-corrected chi connectivity index (χ2v) is 15.7. The molecule has 3 fully saturated rings. The van der Waals surface area contributed by atoms with Crippen molar-refractivity contribution < 1.29 is 47.6 Å². The molecule has 7 rings (SSSR count). The fourth-order valence-electron chi connectivity index (χ4n) is 5.36. The maximum absolute atomic E-state index is 11.3. The first kappa shape index (κ1) is 30.3. The van der Waals surface area contributed by atoms with Gasteiger partial charge in [0.25, 0.3) is 0 Å². The SMILES string of the molecule is Nc1ncnc2c1ccn2[C@@H]1O[C@@H]2COP(O)(=S)O[C@@H]3[C@H](O)[C@@H](COP(O)(=S)O[C@H]2[C@H]1O)O[C@H]3n1cnc2c(N)ncnc21. The van der Waals surface area contributed by atoms with E-state index < -0.39 is 75.7 Å². The highest BCUT2D eigenvalue weighted by atomic mass is 32.5. The van der Waals surface area contributed by atoms with E-state index in [0.717, 1.165) is 0 Å². The van der Waals surface area contributed by atoms with E-state index in [9.17, 15) is 20.0 Å². The van der Waals surface area contributed by atoms with E-state index in [0.29, 0.717) is 11.0 Å². The maximum Gasteiger partial charge on any atom is 0.325 e. The average Bonchev–Trinajstić information content (AvgIpc) is 3.73. The molecule has 44 heavy (non-hydrogen) atoms. The topological polar surface area (TPSA) is 263 Å². The normalized spacial score (nSPS) is 38.3.